The first kappa shape index (κ1) is 43.5. The van der Waals surface area contributed by atoms with Crippen LogP contribution < -0.4 is 20.7 Å². The Morgan fingerprint density at radius 2 is 0.788 bits per heavy atom. The number of nitrogens with zero attached hydrogens (tertiary/aromatic N) is 1. The highest BCUT2D eigenvalue weighted by Gasteiger charge is 2.67. The molecule has 0 aromatic heterocycles. The summed E-state index contributed by atoms with van der Waals surface area (Å²) in [6, 6.07) is 43.1. The van der Waals surface area contributed by atoms with Gasteiger partial charge in [-0.15, -0.1) is 33.2 Å². The van der Waals surface area contributed by atoms with Crippen molar-refractivity contribution in [1.29, 1.82) is 0 Å². The van der Waals surface area contributed by atoms with Crippen molar-refractivity contribution >= 4 is 93.1 Å². The minimum Gasteiger partial charge on any atom is -0.454 e. The summed E-state index contributed by atoms with van der Waals surface area (Å²) in [6.45, 7) is 29.2. The highest BCUT2D eigenvalue weighted by Crippen LogP contribution is 2.51. The number of halogens is 3. The molecule has 4 rings (SSSR count). The van der Waals surface area contributed by atoms with Crippen LogP contribution in [0.15, 0.2) is 121 Å². The monoisotopic (exact) mass is 841 g/mol. The van der Waals surface area contributed by atoms with E-state index in [4.69, 9.17) is 37.4 Å². The molecule has 0 fully saturated rings. The third kappa shape index (κ3) is 8.16. The van der Waals surface area contributed by atoms with E-state index in [1.54, 1.807) is 0 Å². The Labute approximate surface area is 335 Å². The third-order valence-corrected chi connectivity index (χ3v) is 42.1. The van der Waals surface area contributed by atoms with Gasteiger partial charge in [0.2, 0.25) is 0 Å². The van der Waals surface area contributed by atoms with Crippen molar-refractivity contribution in [2.24, 2.45) is 0 Å². The molecule has 4 aromatic carbocycles. The second kappa shape index (κ2) is 16.5. The molecule has 0 N–H and O–H groups in total. The van der Waals surface area contributed by atoms with Gasteiger partial charge in [-0.1, -0.05) is 183 Å². The van der Waals surface area contributed by atoms with Gasteiger partial charge in [-0.25, -0.2) is 0 Å². The summed E-state index contributed by atoms with van der Waals surface area (Å²) in [4.78, 5) is 0. The SMILES string of the molecule is CCC(N([Si](c1ccccc1)(c1ccccc1)C(C)(C)C)[Si](c1ccccc1)(c1ccccc1)C(C)(C)C)[Si](C)(C)O[Si](C)(C)C(CC)[Si](Cl)(Cl)Cl. The first-order chi connectivity index (χ1) is 24.1. The lowest BCUT2D eigenvalue weighted by molar-refractivity contribution is 0.420. The van der Waals surface area contributed by atoms with Gasteiger partial charge in [0.05, 0.1) is 0 Å². The Bertz CT molecular complexity index is 1530. The molecule has 4 aromatic rings. The molecule has 0 bridgehead atoms. The maximum atomic E-state index is 7.86. The summed E-state index contributed by atoms with van der Waals surface area (Å²) in [5, 5.41) is 5.42. The van der Waals surface area contributed by atoms with Gasteiger partial charge in [0.25, 0.3) is 0 Å². The van der Waals surface area contributed by atoms with Crippen LogP contribution >= 0.6 is 33.2 Å². The summed E-state index contributed by atoms with van der Waals surface area (Å²) in [5.74, 6) is 0. The molecular formula is C42H62Cl3NOSi5. The zero-order chi connectivity index (χ0) is 38.8. The highest BCUT2D eigenvalue weighted by atomic mass is 35.8. The molecule has 0 aliphatic heterocycles. The average molecular weight is 844 g/mol. The van der Waals surface area contributed by atoms with Crippen molar-refractivity contribution in [1.82, 2.24) is 4.23 Å². The number of hydrogen-bond donors (Lipinski definition) is 0. The Morgan fingerprint density at radius 3 is 1.00 bits per heavy atom. The minimum atomic E-state index is -3.06. The average Bonchev–Trinajstić information content (AvgIpc) is 3.05. The Balaban J connectivity index is 2.34. The Kier molecular flexibility index (Phi) is 13.8. The molecule has 0 saturated carbocycles. The van der Waals surface area contributed by atoms with Gasteiger partial charge in [0.1, 0.15) is 0 Å². The fraction of sp³-hybridized carbons (Fsp3) is 0.429. The lowest BCUT2D eigenvalue weighted by atomic mass is 10.2. The lowest BCUT2D eigenvalue weighted by Gasteiger charge is -2.66. The molecule has 2 unspecified atom stereocenters. The van der Waals surface area contributed by atoms with E-state index in [1.807, 2.05) is 0 Å². The zero-order valence-electron chi connectivity index (χ0n) is 33.6. The van der Waals surface area contributed by atoms with E-state index in [0.29, 0.717) is 0 Å². The van der Waals surface area contributed by atoms with Crippen LogP contribution in [-0.2, 0) is 4.12 Å². The Morgan fingerprint density at radius 1 is 0.500 bits per heavy atom. The van der Waals surface area contributed by atoms with Gasteiger partial charge in [-0.2, -0.15) is 0 Å². The normalized spacial score (nSPS) is 15.1. The standard InChI is InChI=1S/C42H62Cl3NOSi5/c1-13-39(48(9,10)47-49(11,12)40(14-2)52(43,44)45)46(50(41(3,4)5,35-27-19-15-20-28-35)36-29-21-16-22-30-36)51(42(6,7)8,37-31-23-17-24-32-37)38-33-25-18-26-34-38/h15-34,39-40H,13-14H2,1-12H3. The van der Waals surface area contributed by atoms with Crippen molar-refractivity contribution in [2.45, 2.75) is 115 Å². The fourth-order valence-corrected chi connectivity index (χ4v) is 50.7. The molecule has 0 radical (unpaired) electrons. The van der Waals surface area contributed by atoms with Crippen LogP contribution in [0, 0.1) is 0 Å². The molecule has 0 heterocycles. The van der Waals surface area contributed by atoms with Gasteiger partial charge in [0.15, 0.2) is 33.1 Å². The van der Waals surface area contributed by atoms with Gasteiger partial charge < -0.3 is 8.35 Å². The first-order valence-corrected chi connectivity index (χ1v) is 33.9. The topological polar surface area (TPSA) is 12.5 Å². The molecule has 52 heavy (non-hydrogen) atoms. The molecule has 2 nitrogen and oxygen atoms in total. The van der Waals surface area contributed by atoms with Crippen LogP contribution in [-0.4, -0.2) is 49.0 Å². The Hall–Kier alpha value is -1.25. The predicted molar refractivity (Wildman–Crippen MR) is 245 cm³/mol. The number of benzene rings is 4. The van der Waals surface area contributed by atoms with Crippen LogP contribution in [0.3, 0.4) is 0 Å². The summed E-state index contributed by atoms with van der Waals surface area (Å²) >= 11 is 20.8. The highest BCUT2D eigenvalue weighted by molar-refractivity contribution is 7.66. The van der Waals surface area contributed by atoms with Crippen molar-refractivity contribution in [2.75, 3.05) is 0 Å². The van der Waals surface area contributed by atoms with Gasteiger partial charge >= 0.3 is 6.00 Å². The molecule has 0 saturated heterocycles. The van der Waals surface area contributed by atoms with Gasteiger partial charge in [-0.3, -0.25) is 0 Å². The zero-order valence-corrected chi connectivity index (χ0v) is 40.9. The number of hydrogen-bond acceptors (Lipinski definition) is 2. The summed E-state index contributed by atoms with van der Waals surface area (Å²) in [6.07, 6.45) is 1.76. The van der Waals surface area contributed by atoms with Crippen molar-refractivity contribution in [3.63, 3.8) is 0 Å². The largest absolute Gasteiger partial charge is 0.454 e. The molecule has 0 spiro atoms. The molecular weight excluding hydrogens is 781 g/mol. The first-order valence-electron chi connectivity index (χ1n) is 18.9. The molecule has 0 amide bonds. The number of rotatable bonds is 14. The smallest absolute Gasteiger partial charge is 0.344 e. The summed E-state index contributed by atoms with van der Waals surface area (Å²) in [7, 11) is -11.3. The molecule has 2 atom stereocenters. The van der Waals surface area contributed by atoms with Crippen LogP contribution in [0.4, 0.5) is 0 Å². The van der Waals surface area contributed by atoms with E-state index in [1.165, 1.54) is 20.7 Å². The third-order valence-electron chi connectivity index (χ3n) is 11.3. The van der Waals surface area contributed by atoms with Crippen molar-refractivity contribution in [3.8, 4) is 0 Å². The maximum absolute atomic E-state index is 7.86. The van der Waals surface area contributed by atoms with E-state index in [0.717, 1.165) is 12.8 Å². The van der Waals surface area contributed by atoms with Gasteiger partial charge in [-0.05, 0) is 63.4 Å². The summed E-state index contributed by atoms with van der Waals surface area (Å²) < 4.78 is 11.1. The molecule has 0 aliphatic rings. The van der Waals surface area contributed by atoms with Crippen molar-refractivity contribution < 1.29 is 4.12 Å². The minimum absolute atomic E-state index is 0.0107. The van der Waals surface area contributed by atoms with E-state index in [2.05, 4.69) is 207 Å². The van der Waals surface area contributed by atoms with E-state index < -0.39 is 39.1 Å². The van der Waals surface area contributed by atoms with Crippen molar-refractivity contribution in [3.05, 3.63) is 121 Å². The fourth-order valence-electron chi connectivity index (χ4n) is 9.70. The van der Waals surface area contributed by atoms with Crippen LogP contribution in [0.1, 0.15) is 68.2 Å². The second-order valence-corrected chi connectivity index (χ2v) is 45.1. The molecule has 282 valence electrons. The van der Waals surface area contributed by atoms with Crippen LogP contribution in [0.25, 0.3) is 0 Å². The van der Waals surface area contributed by atoms with Gasteiger partial charge in [0, 0.05) is 10.8 Å². The van der Waals surface area contributed by atoms with E-state index in [9.17, 15) is 0 Å². The summed E-state index contributed by atoms with van der Waals surface area (Å²) in [5.41, 5.74) is 0.131. The second-order valence-electron chi connectivity index (χ2n) is 17.5. The van der Waals surface area contributed by atoms with Crippen LogP contribution in [0.2, 0.25) is 41.4 Å². The van der Waals surface area contributed by atoms with Crippen LogP contribution in [0.5, 0.6) is 0 Å². The predicted octanol–water partition coefficient (Wildman–Crippen LogP) is 11.1. The maximum Gasteiger partial charge on any atom is 0.344 e. The van der Waals surface area contributed by atoms with E-state index >= 15 is 0 Å². The quantitative estimate of drug-likeness (QED) is 0.0926. The molecule has 0 aliphatic carbocycles. The molecule has 10 heteroatoms. The lowest BCUT2D eigenvalue weighted by Crippen LogP contribution is -2.91. The van der Waals surface area contributed by atoms with E-state index in [-0.39, 0.29) is 20.9 Å².